The lowest BCUT2D eigenvalue weighted by molar-refractivity contribution is 0.475. The zero-order valence-electron chi connectivity index (χ0n) is 14.8. The van der Waals surface area contributed by atoms with E-state index >= 15 is 0 Å². The first-order valence-electron chi connectivity index (χ1n) is 8.43. The van der Waals surface area contributed by atoms with Gasteiger partial charge in [0.2, 0.25) is 15.9 Å². The van der Waals surface area contributed by atoms with Gasteiger partial charge in [0, 0.05) is 11.6 Å². The number of furan rings is 1. The summed E-state index contributed by atoms with van der Waals surface area (Å²) in [4.78, 5) is 3.27. The fourth-order valence-corrected chi connectivity index (χ4v) is 4.43. The van der Waals surface area contributed by atoms with Crippen molar-refractivity contribution in [1.82, 2.24) is 19.9 Å². The van der Waals surface area contributed by atoms with Gasteiger partial charge in [-0.15, -0.1) is 10.2 Å². The summed E-state index contributed by atoms with van der Waals surface area (Å²) in [6.07, 6.45) is 2.11. The summed E-state index contributed by atoms with van der Waals surface area (Å²) in [7, 11) is -3.73. The van der Waals surface area contributed by atoms with Crippen molar-refractivity contribution in [3.8, 4) is 11.6 Å². The molecular weight excluding hydrogens is 356 g/mol. The minimum atomic E-state index is -3.73. The summed E-state index contributed by atoms with van der Waals surface area (Å²) in [5.74, 6) is 2.56. The van der Waals surface area contributed by atoms with E-state index in [0.717, 1.165) is 18.6 Å². The lowest BCUT2D eigenvalue weighted by Gasteiger charge is -2.06. The molecule has 1 aliphatic rings. The number of hydrogen-bond donors (Lipinski definition) is 2. The molecule has 0 unspecified atom stereocenters. The highest BCUT2D eigenvalue weighted by Gasteiger charge is 2.31. The molecule has 4 rings (SSSR count). The van der Waals surface area contributed by atoms with Gasteiger partial charge in [0.25, 0.3) is 5.89 Å². The van der Waals surface area contributed by atoms with Crippen LogP contribution in [-0.4, -0.2) is 23.6 Å². The van der Waals surface area contributed by atoms with Gasteiger partial charge in [0.05, 0.1) is 6.54 Å². The molecule has 138 valence electrons. The lowest BCUT2D eigenvalue weighted by atomic mass is 10.2. The van der Waals surface area contributed by atoms with Gasteiger partial charge >= 0.3 is 0 Å². The SMILES string of the molecule is Cc1ccc(CNS(=O)(=O)c2c(C)[nH]c(-c3nnc(C4CC4)o3)c2C)o1. The Kier molecular flexibility index (Phi) is 4.00. The zero-order chi connectivity index (χ0) is 18.5. The standard InChI is InChI=1S/C17H20N4O4S/c1-9-4-7-13(24-9)8-18-26(22,23)15-10(2)14(19-11(15)3)17-21-20-16(25-17)12-5-6-12/h4,7,12,18-19H,5-6,8H2,1-3H3. The number of hydrogen-bond acceptors (Lipinski definition) is 6. The fourth-order valence-electron chi connectivity index (χ4n) is 3.00. The highest BCUT2D eigenvalue weighted by molar-refractivity contribution is 7.89. The van der Waals surface area contributed by atoms with Gasteiger partial charge < -0.3 is 13.8 Å². The van der Waals surface area contributed by atoms with Gasteiger partial charge in [-0.05, 0) is 51.3 Å². The summed E-state index contributed by atoms with van der Waals surface area (Å²) < 4.78 is 39.3. The molecule has 0 radical (unpaired) electrons. The van der Waals surface area contributed by atoms with Crippen molar-refractivity contribution < 1.29 is 17.3 Å². The highest BCUT2D eigenvalue weighted by atomic mass is 32.2. The van der Waals surface area contributed by atoms with Crippen LogP contribution in [0, 0.1) is 20.8 Å². The predicted octanol–water partition coefficient (Wildman–Crippen LogP) is 2.94. The molecule has 0 aromatic carbocycles. The maximum Gasteiger partial charge on any atom is 0.264 e. The molecule has 2 N–H and O–H groups in total. The Labute approximate surface area is 151 Å². The van der Waals surface area contributed by atoms with Gasteiger partial charge in [-0.1, -0.05) is 0 Å². The van der Waals surface area contributed by atoms with Crippen molar-refractivity contribution in [3.05, 3.63) is 40.8 Å². The van der Waals surface area contributed by atoms with Crippen LogP contribution < -0.4 is 4.72 Å². The topological polar surface area (TPSA) is 114 Å². The number of sulfonamides is 1. The van der Waals surface area contributed by atoms with Crippen molar-refractivity contribution in [3.63, 3.8) is 0 Å². The van der Waals surface area contributed by atoms with Crippen molar-refractivity contribution in [2.45, 2.75) is 51.0 Å². The monoisotopic (exact) mass is 376 g/mol. The van der Waals surface area contributed by atoms with Gasteiger partial charge in [-0.3, -0.25) is 0 Å². The number of aromatic nitrogens is 3. The number of nitrogens with zero attached hydrogens (tertiary/aromatic N) is 2. The van der Waals surface area contributed by atoms with Crippen molar-refractivity contribution in [1.29, 1.82) is 0 Å². The number of nitrogens with one attached hydrogen (secondary N) is 2. The number of aromatic amines is 1. The number of H-pyrrole nitrogens is 1. The van der Waals surface area contributed by atoms with Crippen LogP contribution in [0.15, 0.2) is 25.9 Å². The van der Waals surface area contributed by atoms with Crippen LogP contribution in [0.3, 0.4) is 0 Å². The largest absolute Gasteiger partial charge is 0.465 e. The third kappa shape index (κ3) is 3.08. The molecule has 3 aromatic heterocycles. The summed E-state index contributed by atoms with van der Waals surface area (Å²) in [5, 5.41) is 8.12. The minimum Gasteiger partial charge on any atom is -0.465 e. The molecule has 1 aliphatic carbocycles. The van der Waals surface area contributed by atoms with Crippen LogP contribution in [0.2, 0.25) is 0 Å². The van der Waals surface area contributed by atoms with Crippen LogP contribution in [0.1, 0.15) is 47.4 Å². The number of rotatable bonds is 6. The zero-order valence-corrected chi connectivity index (χ0v) is 15.6. The van der Waals surface area contributed by atoms with Gasteiger partial charge in [-0.25, -0.2) is 13.1 Å². The van der Waals surface area contributed by atoms with E-state index in [0.29, 0.717) is 40.4 Å². The molecule has 1 saturated carbocycles. The quantitative estimate of drug-likeness (QED) is 0.684. The minimum absolute atomic E-state index is 0.0853. The molecular formula is C17H20N4O4S. The Morgan fingerprint density at radius 2 is 1.96 bits per heavy atom. The lowest BCUT2D eigenvalue weighted by Crippen LogP contribution is -2.24. The van der Waals surface area contributed by atoms with Crippen molar-refractivity contribution in [2.75, 3.05) is 0 Å². The van der Waals surface area contributed by atoms with E-state index < -0.39 is 10.0 Å². The van der Waals surface area contributed by atoms with E-state index in [1.807, 2.05) is 6.92 Å². The molecule has 3 aromatic rings. The average Bonchev–Trinajstić information content (AvgIpc) is 3.02. The molecule has 3 heterocycles. The molecule has 0 atom stereocenters. The second kappa shape index (κ2) is 6.10. The van der Waals surface area contributed by atoms with Crippen molar-refractivity contribution >= 4 is 10.0 Å². The summed E-state index contributed by atoms with van der Waals surface area (Å²) >= 11 is 0. The van der Waals surface area contributed by atoms with Gasteiger partial charge in [0.1, 0.15) is 22.1 Å². The molecule has 0 spiro atoms. The second-order valence-electron chi connectivity index (χ2n) is 6.64. The predicted molar refractivity (Wildman–Crippen MR) is 93.0 cm³/mol. The van der Waals surface area contributed by atoms with Crippen LogP contribution in [0.4, 0.5) is 0 Å². The maximum absolute atomic E-state index is 12.8. The Balaban J connectivity index is 1.62. The Hall–Kier alpha value is -2.39. The van der Waals surface area contributed by atoms with E-state index in [9.17, 15) is 8.42 Å². The van der Waals surface area contributed by atoms with E-state index in [1.54, 1.807) is 26.0 Å². The number of aryl methyl sites for hydroxylation is 2. The van der Waals surface area contributed by atoms with E-state index in [-0.39, 0.29) is 11.4 Å². The summed E-state index contributed by atoms with van der Waals surface area (Å²) in [6, 6.07) is 3.54. The average molecular weight is 376 g/mol. The molecule has 9 heteroatoms. The van der Waals surface area contributed by atoms with E-state index in [4.69, 9.17) is 8.83 Å². The van der Waals surface area contributed by atoms with E-state index in [2.05, 4.69) is 19.9 Å². The van der Waals surface area contributed by atoms with Crippen molar-refractivity contribution in [2.24, 2.45) is 0 Å². The fraction of sp³-hybridized carbons (Fsp3) is 0.412. The second-order valence-corrected chi connectivity index (χ2v) is 8.34. The third-order valence-corrected chi connectivity index (χ3v) is 6.13. The molecule has 26 heavy (non-hydrogen) atoms. The van der Waals surface area contributed by atoms with Crippen LogP contribution >= 0.6 is 0 Å². The molecule has 1 fully saturated rings. The summed E-state index contributed by atoms with van der Waals surface area (Å²) in [6.45, 7) is 5.33. The molecule has 0 saturated heterocycles. The molecule has 0 amide bonds. The first kappa shape index (κ1) is 17.0. The highest BCUT2D eigenvalue weighted by Crippen LogP contribution is 2.40. The Morgan fingerprint density at radius 1 is 1.19 bits per heavy atom. The van der Waals surface area contributed by atoms with Crippen LogP contribution in [-0.2, 0) is 16.6 Å². The van der Waals surface area contributed by atoms with Gasteiger partial charge in [-0.2, -0.15) is 0 Å². The van der Waals surface area contributed by atoms with E-state index in [1.165, 1.54) is 0 Å². The Morgan fingerprint density at radius 3 is 2.62 bits per heavy atom. The molecule has 0 bridgehead atoms. The van der Waals surface area contributed by atoms with Crippen LogP contribution in [0.25, 0.3) is 11.6 Å². The molecule has 0 aliphatic heterocycles. The normalized spacial score (nSPS) is 14.9. The first-order valence-corrected chi connectivity index (χ1v) is 9.91. The van der Waals surface area contributed by atoms with Crippen LogP contribution in [0.5, 0.6) is 0 Å². The Bertz CT molecular complexity index is 1060. The summed E-state index contributed by atoms with van der Waals surface area (Å²) in [5.41, 5.74) is 1.61. The van der Waals surface area contributed by atoms with Gasteiger partial charge in [0.15, 0.2) is 0 Å². The smallest absolute Gasteiger partial charge is 0.264 e. The first-order chi connectivity index (χ1) is 12.3. The third-order valence-electron chi connectivity index (χ3n) is 4.45. The molecule has 8 nitrogen and oxygen atoms in total. The maximum atomic E-state index is 12.8.